The zero-order chi connectivity index (χ0) is 12.8. The summed E-state index contributed by atoms with van der Waals surface area (Å²) in [5.74, 6) is 1.11. The number of anilines is 1. The van der Waals surface area contributed by atoms with E-state index in [9.17, 15) is 0 Å². The Hall–Kier alpha value is -1.13. The van der Waals surface area contributed by atoms with Gasteiger partial charge in [-0.3, -0.25) is 0 Å². The van der Waals surface area contributed by atoms with Crippen LogP contribution >= 0.6 is 0 Å². The van der Waals surface area contributed by atoms with Crippen LogP contribution in [-0.2, 0) is 4.74 Å². The van der Waals surface area contributed by atoms with Crippen molar-refractivity contribution >= 4 is 5.82 Å². The van der Waals surface area contributed by atoms with Crippen LogP contribution in [0, 0.1) is 6.92 Å². The molecule has 1 N–H and O–H groups in total. The maximum atomic E-state index is 5.04. The van der Waals surface area contributed by atoms with Gasteiger partial charge in [0.2, 0.25) is 0 Å². The minimum absolute atomic E-state index is 0.567. The fraction of sp³-hybridized carbons (Fsp3) is 0.643. The van der Waals surface area contributed by atoms with E-state index in [1.165, 1.54) is 18.4 Å². The Morgan fingerprint density at radius 3 is 3.11 bits per heavy atom. The van der Waals surface area contributed by atoms with Crippen molar-refractivity contribution < 1.29 is 4.74 Å². The van der Waals surface area contributed by atoms with Gasteiger partial charge in [0.15, 0.2) is 0 Å². The highest BCUT2D eigenvalue weighted by Gasteiger charge is 2.24. The molecule has 18 heavy (non-hydrogen) atoms. The molecule has 2 heterocycles. The first-order chi connectivity index (χ1) is 8.81. The van der Waals surface area contributed by atoms with Crippen molar-refractivity contribution in [1.82, 2.24) is 10.3 Å². The van der Waals surface area contributed by atoms with Gasteiger partial charge in [0, 0.05) is 39.0 Å². The van der Waals surface area contributed by atoms with Gasteiger partial charge >= 0.3 is 0 Å². The van der Waals surface area contributed by atoms with E-state index in [1.54, 1.807) is 7.11 Å². The number of ether oxygens (including phenoxy) is 1. The van der Waals surface area contributed by atoms with Gasteiger partial charge in [-0.1, -0.05) is 6.07 Å². The fourth-order valence-electron chi connectivity index (χ4n) is 2.42. The summed E-state index contributed by atoms with van der Waals surface area (Å²) in [5, 5.41) is 3.44. The topological polar surface area (TPSA) is 37.4 Å². The number of methoxy groups -OCH3 is 1. The summed E-state index contributed by atoms with van der Waals surface area (Å²) < 4.78 is 5.04. The number of pyridine rings is 1. The summed E-state index contributed by atoms with van der Waals surface area (Å²) in [7, 11) is 1.74. The van der Waals surface area contributed by atoms with E-state index in [4.69, 9.17) is 4.74 Å². The van der Waals surface area contributed by atoms with Crippen LogP contribution in [-0.4, -0.2) is 44.4 Å². The Morgan fingerprint density at radius 1 is 1.50 bits per heavy atom. The van der Waals surface area contributed by atoms with Crippen molar-refractivity contribution in [2.24, 2.45) is 0 Å². The SMILES string of the molecule is COCCNCC1CCCN1c1ccc(C)cn1. The number of rotatable bonds is 6. The highest BCUT2D eigenvalue weighted by Crippen LogP contribution is 2.23. The lowest BCUT2D eigenvalue weighted by Crippen LogP contribution is -2.39. The van der Waals surface area contributed by atoms with Gasteiger partial charge in [-0.05, 0) is 31.4 Å². The monoisotopic (exact) mass is 249 g/mol. The Morgan fingerprint density at radius 2 is 2.39 bits per heavy atom. The average molecular weight is 249 g/mol. The molecule has 0 aliphatic carbocycles. The predicted octanol–water partition coefficient (Wildman–Crippen LogP) is 1.59. The molecule has 100 valence electrons. The van der Waals surface area contributed by atoms with Crippen LogP contribution in [0.25, 0.3) is 0 Å². The molecule has 1 aromatic heterocycles. The molecule has 1 aliphatic heterocycles. The average Bonchev–Trinajstić information content (AvgIpc) is 2.84. The van der Waals surface area contributed by atoms with Crippen molar-refractivity contribution in [2.45, 2.75) is 25.8 Å². The Kier molecular flexibility index (Phi) is 4.96. The lowest BCUT2D eigenvalue weighted by Gasteiger charge is -2.26. The normalized spacial score (nSPS) is 19.4. The first-order valence-corrected chi connectivity index (χ1v) is 6.70. The van der Waals surface area contributed by atoms with E-state index in [2.05, 4.69) is 34.3 Å². The highest BCUT2D eigenvalue weighted by atomic mass is 16.5. The summed E-state index contributed by atoms with van der Waals surface area (Å²) in [5.41, 5.74) is 1.22. The molecule has 0 spiro atoms. The Labute approximate surface area is 109 Å². The van der Waals surface area contributed by atoms with Crippen LogP contribution in [0.15, 0.2) is 18.3 Å². The molecule has 4 heteroatoms. The molecule has 0 radical (unpaired) electrons. The molecule has 2 rings (SSSR count). The standard InChI is InChI=1S/C14H23N3O/c1-12-5-6-14(16-10-12)17-8-3-4-13(17)11-15-7-9-18-2/h5-6,10,13,15H,3-4,7-9,11H2,1-2H3. The molecule has 0 saturated carbocycles. The van der Waals surface area contributed by atoms with Gasteiger partial charge in [0.1, 0.15) is 5.82 Å². The van der Waals surface area contributed by atoms with E-state index in [0.29, 0.717) is 6.04 Å². The van der Waals surface area contributed by atoms with Gasteiger partial charge in [-0.25, -0.2) is 4.98 Å². The van der Waals surface area contributed by atoms with Crippen molar-refractivity contribution in [3.63, 3.8) is 0 Å². The summed E-state index contributed by atoms with van der Waals surface area (Å²) >= 11 is 0. The van der Waals surface area contributed by atoms with Crippen LogP contribution < -0.4 is 10.2 Å². The Bertz CT molecular complexity index is 353. The maximum Gasteiger partial charge on any atom is 0.128 e. The number of aryl methyl sites for hydroxylation is 1. The third-order valence-electron chi connectivity index (χ3n) is 3.43. The molecule has 1 fully saturated rings. The van der Waals surface area contributed by atoms with E-state index >= 15 is 0 Å². The lowest BCUT2D eigenvalue weighted by molar-refractivity contribution is 0.199. The number of aromatic nitrogens is 1. The first kappa shape index (κ1) is 13.3. The number of hydrogen-bond donors (Lipinski definition) is 1. The minimum Gasteiger partial charge on any atom is -0.383 e. The van der Waals surface area contributed by atoms with E-state index in [0.717, 1.165) is 32.1 Å². The van der Waals surface area contributed by atoms with Crippen LogP contribution in [0.2, 0.25) is 0 Å². The molecule has 1 aliphatic rings. The number of nitrogens with one attached hydrogen (secondary N) is 1. The van der Waals surface area contributed by atoms with Crippen molar-refractivity contribution in [2.75, 3.05) is 38.3 Å². The third kappa shape index (κ3) is 3.43. The number of hydrogen-bond acceptors (Lipinski definition) is 4. The van der Waals surface area contributed by atoms with Crippen molar-refractivity contribution in [3.8, 4) is 0 Å². The number of nitrogens with zero attached hydrogens (tertiary/aromatic N) is 2. The smallest absolute Gasteiger partial charge is 0.128 e. The van der Waals surface area contributed by atoms with Crippen LogP contribution in [0.5, 0.6) is 0 Å². The molecular weight excluding hydrogens is 226 g/mol. The van der Waals surface area contributed by atoms with Crippen LogP contribution in [0.4, 0.5) is 5.82 Å². The fourth-order valence-corrected chi connectivity index (χ4v) is 2.42. The second-order valence-corrected chi connectivity index (χ2v) is 4.88. The molecule has 1 aromatic rings. The predicted molar refractivity (Wildman–Crippen MR) is 74.1 cm³/mol. The molecule has 0 bridgehead atoms. The van der Waals surface area contributed by atoms with Crippen molar-refractivity contribution in [3.05, 3.63) is 23.9 Å². The molecule has 1 unspecified atom stereocenters. The zero-order valence-corrected chi connectivity index (χ0v) is 11.4. The molecule has 1 atom stereocenters. The molecule has 0 aromatic carbocycles. The summed E-state index contributed by atoms with van der Waals surface area (Å²) in [4.78, 5) is 6.94. The molecule has 0 amide bonds. The highest BCUT2D eigenvalue weighted by molar-refractivity contribution is 5.41. The Balaban J connectivity index is 1.88. The second kappa shape index (κ2) is 6.71. The van der Waals surface area contributed by atoms with E-state index < -0.39 is 0 Å². The summed E-state index contributed by atoms with van der Waals surface area (Å²) in [6.45, 7) is 5.90. The maximum absolute atomic E-state index is 5.04. The van der Waals surface area contributed by atoms with E-state index in [-0.39, 0.29) is 0 Å². The first-order valence-electron chi connectivity index (χ1n) is 6.70. The van der Waals surface area contributed by atoms with Gasteiger partial charge in [0.25, 0.3) is 0 Å². The van der Waals surface area contributed by atoms with Crippen molar-refractivity contribution in [1.29, 1.82) is 0 Å². The van der Waals surface area contributed by atoms with Crippen LogP contribution in [0.3, 0.4) is 0 Å². The zero-order valence-electron chi connectivity index (χ0n) is 11.4. The minimum atomic E-state index is 0.567. The summed E-state index contributed by atoms with van der Waals surface area (Å²) in [6, 6.07) is 4.83. The van der Waals surface area contributed by atoms with Crippen LogP contribution in [0.1, 0.15) is 18.4 Å². The molecular formula is C14H23N3O. The van der Waals surface area contributed by atoms with Gasteiger partial charge in [0.05, 0.1) is 6.61 Å². The quantitative estimate of drug-likeness (QED) is 0.777. The lowest BCUT2D eigenvalue weighted by atomic mass is 10.2. The van der Waals surface area contributed by atoms with Gasteiger partial charge in [-0.15, -0.1) is 0 Å². The van der Waals surface area contributed by atoms with Gasteiger partial charge in [-0.2, -0.15) is 0 Å². The molecule has 4 nitrogen and oxygen atoms in total. The summed E-state index contributed by atoms with van der Waals surface area (Å²) in [6.07, 6.45) is 4.45. The third-order valence-corrected chi connectivity index (χ3v) is 3.43. The molecule has 1 saturated heterocycles. The largest absolute Gasteiger partial charge is 0.383 e. The van der Waals surface area contributed by atoms with Gasteiger partial charge < -0.3 is 15.0 Å². The second-order valence-electron chi connectivity index (χ2n) is 4.88. The van der Waals surface area contributed by atoms with E-state index in [1.807, 2.05) is 6.20 Å².